The van der Waals surface area contributed by atoms with Gasteiger partial charge in [-0.05, 0) is 18.6 Å². The third-order valence-corrected chi connectivity index (χ3v) is 2.32. The zero-order valence-corrected chi connectivity index (χ0v) is 8.99. The van der Waals surface area contributed by atoms with Crippen LogP contribution in [0.4, 0.5) is 13.2 Å². The second kappa shape index (κ2) is 4.16. The first-order chi connectivity index (χ1) is 7.98. The van der Waals surface area contributed by atoms with Gasteiger partial charge in [0.2, 0.25) is 0 Å². The van der Waals surface area contributed by atoms with Crippen molar-refractivity contribution in [3.05, 3.63) is 48.0 Å². The van der Waals surface area contributed by atoms with Crippen LogP contribution in [0.2, 0.25) is 0 Å². The molecule has 0 atom stereocenters. The van der Waals surface area contributed by atoms with Gasteiger partial charge < -0.3 is 0 Å². The minimum atomic E-state index is -4.37. The molecular formula is C12H9F3N2. The zero-order valence-electron chi connectivity index (χ0n) is 8.99. The van der Waals surface area contributed by atoms with Crippen molar-refractivity contribution >= 4 is 0 Å². The standard InChI is InChI=1S/C12H9F3N2/c1-8-16-6-9(7-17-8)10-4-2-3-5-11(10)12(13,14)15/h2-7H,1H3. The second-order valence-electron chi connectivity index (χ2n) is 3.56. The molecular weight excluding hydrogens is 229 g/mol. The first-order valence-electron chi connectivity index (χ1n) is 4.94. The Bertz CT molecular complexity index is 518. The van der Waals surface area contributed by atoms with Crippen LogP contribution >= 0.6 is 0 Å². The van der Waals surface area contributed by atoms with Gasteiger partial charge in [-0.1, -0.05) is 18.2 Å². The number of nitrogens with zero attached hydrogens (tertiary/aromatic N) is 2. The van der Waals surface area contributed by atoms with Gasteiger partial charge in [-0.2, -0.15) is 13.2 Å². The van der Waals surface area contributed by atoms with Gasteiger partial charge in [-0.3, -0.25) is 0 Å². The van der Waals surface area contributed by atoms with Crippen LogP contribution < -0.4 is 0 Å². The third-order valence-electron chi connectivity index (χ3n) is 2.32. The maximum Gasteiger partial charge on any atom is 0.417 e. The highest BCUT2D eigenvalue weighted by atomic mass is 19.4. The molecule has 0 saturated carbocycles. The molecule has 17 heavy (non-hydrogen) atoms. The molecule has 1 aromatic heterocycles. The molecule has 0 fully saturated rings. The van der Waals surface area contributed by atoms with Crippen LogP contribution in [0.25, 0.3) is 11.1 Å². The lowest BCUT2D eigenvalue weighted by molar-refractivity contribution is -0.137. The van der Waals surface area contributed by atoms with Crippen LogP contribution in [0.15, 0.2) is 36.7 Å². The van der Waals surface area contributed by atoms with Gasteiger partial charge in [0.1, 0.15) is 5.82 Å². The molecule has 1 aromatic carbocycles. The predicted octanol–water partition coefficient (Wildman–Crippen LogP) is 3.47. The van der Waals surface area contributed by atoms with E-state index in [9.17, 15) is 13.2 Å². The monoisotopic (exact) mass is 238 g/mol. The Hall–Kier alpha value is -1.91. The van der Waals surface area contributed by atoms with E-state index in [-0.39, 0.29) is 5.56 Å². The van der Waals surface area contributed by atoms with E-state index in [0.717, 1.165) is 6.07 Å². The topological polar surface area (TPSA) is 25.8 Å². The Kier molecular flexibility index (Phi) is 2.83. The lowest BCUT2D eigenvalue weighted by Gasteiger charge is -2.12. The highest BCUT2D eigenvalue weighted by Crippen LogP contribution is 2.36. The highest BCUT2D eigenvalue weighted by molar-refractivity contribution is 5.66. The van der Waals surface area contributed by atoms with E-state index in [1.54, 1.807) is 13.0 Å². The molecule has 0 unspecified atom stereocenters. The molecule has 0 aliphatic rings. The molecule has 1 heterocycles. The number of hydrogen-bond acceptors (Lipinski definition) is 2. The molecule has 0 amide bonds. The van der Waals surface area contributed by atoms with Gasteiger partial charge in [0.25, 0.3) is 0 Å². The summed E-state index contributed by atoms with van der Waals surface area (Å²) in [6.45, 7) is 1.68. The molecule has 88 valence electrons. The molecule has 2 nitrogen and oxygen atoms in total. The molecule has 0 aliphatic heterocycles. The Balaban J connectivity index is 2.56. The Labute approximate surface area is 96.2 Å². The lowest BCUT2D eigenvalue weighted by atomic mass is 10.0. The van der Waals surface area contributed by atoms with E-state index in [1.165, 1.54) is 24.5 Å². The number of alkyl halides is 3. The quantitative estimate of drug-likeness (QED) is 0.760. The number of aromatic nitrogens is 2. The van der Waals surface area contributed by atoms with Crippen LogP contribution in [0, 0.1) is 6.92 Å². The van der Waals surface area contributed by atoms with Crippen molar-refractivity contribution in [2.45, 2.75) is 13.1 Å². The fourth-order valence-electron chi connectivity index (χ4n) is 1.51. The fraction of sp³-hybridized carbons (Fsp3) is 0.167. The van der Waals surface area contributed by atoms with E-state index in [0.29, 0.717) is 11.4 Å². The van der Waals surface area contributed by atoms with Crippen molar-refractivity contribution in [1.82, 2.24) is 9.97 Å². The minimum absolute atomic E-state index is 0.0972. The third kappa shape index (κ3) is 2.43. The Morgan fingerprint density at radius 2 is 1.59 bits per heavy atom. The molecule has 0 radical (unpaired) electrons. The van der Waals surface area contributed by atoms with Crippen molar-refractivity contribution in [2.75, 3.05) is 0 Å². The molecule has 0 bridgehead atoms. The summed E-state index contributed by atoms with van der Waals surface area (Å²) in [4.78, 5) is 7.80. The molecule has 0 N–H and O–H groups in total. The average molecular weight is 238 g/mol. The largest absolute Gasteiger partial charge is 0.417 e. The molecule has 0 aliphatic carbocycles. The lowest BCUT2D eigenvalue weighted by Crippen LogP contribution is -2.07. The summed E-state index contributed by atoms with van der Waals surface area (Å²) in [5.41, 5.74) is -0.212. The predicted molar refractivity (Wildman–Crippen MR) is 57.2 cm³/mol. The molecule has 0 saturated heterocycles. The summed E-state index contributed by atoms with van der Waals surface area (Å²) in [6.07, 6.45) is -1.58. The summed E-state index contributed by atoms with van der Waals surface area (Å²) in [6, 6.07) is 5.39. The highest BCUT2D eigenvalue weighted by Gasteiger charge is 2.33. The fourth-order valence-corrected chi connectivity index (χ4v) is 1.51. The van der Waals surface area contributed by atoms with Crippen LogP contribution in [0.1, 0.15) is 11.4 Å². The number of rotatable bonds is 1. The van der Waals surface area contributed by atoms with Gasteiger partial charge >= 0.3 is 6.18 Å². The normalized spacial score (nSPS) is 11.5. The number of benzene rings is 1. The van der Waals surface area contributed by atoms with E-state index in [4.69, 9.17) is 0 Å². The summed E-state index contributed by atoms with van der Waals surface area (Å²) >= 11 is 0. The minimum Gasteiger partial charge on any atom is -0.241 e. The second-order valence-corrected chi connectivity index (χ2v) is 3.56. The van der Waals surface area contributed by atoms with Crippen molar-refractivity contribution in [3.8, 4) is 11.1 Å². The first kappa shape index (κ1) is 11.6. The van der Waals surface area contributed by atoms with Gasteiger partial charge in [-0.15, -0.1) is 0 Å². The van der Waals surface area contributed by atoms with Gasteiger partial charge in [-0.25, -0.2) is 9.97 Å². The van der Waals surface area contributed by atoms with Gasteiger partial charge in [0, 0.05) is 18.0 Å². The van der Waals surface area contributed by atoms with Crippen LogP contribution in [0.3, 0.4) is 0 Å². The Morgan fingerprint density at radius 1 is 1.00 bits per heavy atom. The molecule has 0 spiro atoms. The Morgan fingerprint density at radius 3 is 2.18 bits per heavy atom. The molecule has 5 heteroatoms. The van der Waals surface area contributed by atoms with Crippen molar-refractivity contribution < 1.29 is 13.2 Å². The van der Waals surface area contributed by atoms with Crippen molar-refractivity contribution in [2.24, 2.45) is 0 Å². The van der Waals surface area contributed by atoms with Crippen LogP contribution in [0.5, 0.6) is 0 Å². The maximum absolute atomic E-state index is 12.8. The van der Waals surface area contributed by atoms with E-state index < -0.39 is 11.7 Å². The van der Waals surface area contributed by atoms with Crippen molar-refractivity contribution in [3.63, 3.8) is 0 Å². The SMILES string of the molecule is Cc1ncc(-c2ccccc2C(F)(F)F)cn1. The van der Waals surface area contributed by atoms with E-state index in [2.05, 4.69) is 9.97 Å². The zero-order chi connectivity index (χ0) is 12.5. The summed E-state index contributed by atoms with van der Waals surface area (Å²) in [5, 5.41) is 0. The van der Waals surface area contributed by atoms with E-state index in [1.807, 2.05) is 0 Å². The smallest absolute Gasteiger partial charge is 0.241 e. The average Bonchev–Trinajstić information content (AvgIpc) is 2.29. The van der Waals surface area contributed by atoms with Crippen LogP contribution in [-0.2, 0) is 6.18 Å². The van der Waals surface area contributed by atoms with Gasteiger partial charge in [0.15, 0.2) is 0 Å². The number of halogens is 3. The summed E-state index contributed by atoms with van der Waals surface area (Å²) < 4.78 is 38.3. The van der Waals surface area contributed by atoms with E-state index >= 15 is 0 Å². The van der Waals surface area contributed by atoms with Crippen LogP contribution in [-0.4, -0.2) is 9.97 Å². The van der Waals surface area contributed by atoms with Gasteiger partial charge in [0.05, 0.1) is 5.56 Å². The number of aryl methyl sites for hydroxylation is 1. The van der Waals surface area contributed by atoms with Crippen molar-refractivity contribution in [1.29, 1.82) is 0 Å². The maximum atomic E-state index is 12.8. The first-order valence-corrected chi connectivity index (χ1v) is 4.94. The number of hydrogen-bond donors (Lipinski definition) is 0. The molecule has 2 aromatic rings. The molecule has 2 rings (SSSR count). The summed E-state index contributed by atoms with van der Waals surface area (Å²) in [5.74, 6) is 0.526. The summed E-state index contributed by atoms with van der Waals surface area (Å²) in [7, 11) is 0.